The van der Waals surface area contributed by atoms with Gasteiger partial charge in [0.05, 0.1) is 23.1 Å². The van der Waals surface area contributed by atoms with Gasteiger partial charge in [-0.05, 0) is 41.8 Å². The third-order valence-corrected chi connectivity index (χ3v) is 7.22. The van der Waals surface area contributed by atoms with E-state index in [1.54, 1.807) is 18.5 Å². The Hall–Kier alpha value is -4.21. The lowest BCUT2D eigenvalue weighted by atomic mass is 10.0. The van der Waals surface area contributed by atoms with Gasteiger partial charge in [-0.2, -0.15) is 0 Å². The number of rotatable bonds is 9. The van der Waals surface area contributed by atoms with Gasteiger partial charge >= 0.3 is 0 Å². The summed E-state index contributed by atoms with van der Waals surface area (Å²) in [6.45, 7) is 2.72. The van der Waals surface area contributed by atoms with Gasteiger partial charge in [-0.15, -0.1) is 0 Å². The van der Waals surface area contributed by atoms with Gasteiger partial charge in [-0.1, -0.05) is 55.5 Å². The molecule has 0 atom stereocenters. The first-order chi connectivity index (χ1) is 18.0. The van der Waals surface area contributed by atoms with Gasteiger partial charge < -0.3 is 5.32 Å². The van der Waals surface area contributed by atoms with Crippen LogP contribution < -0.4 is 10.0 Å². The monoisotopic (exact) mass is 510 g/mol. The van der Waals surface area contributed by atoms with Crippen molar-refractivity contribution >= 4 is 26.7 Å². The van der Waals surface area contributed by atoms with E-state index in [2.05, 4.69) is 20.0 Å². The number of hydrogen-bond donors (Lipinski definition) is 2. The summed E-state index contributed by atoms with van der Waals surface area (Å²) < 4.78 is 28.0. The molecule has 0 radical (unpaired) electrons. The Kier molecular flexibility index (Phi) is 7.16. The molecule has 0 bridgehead atoms. The highest BCUT2D eigenvalue weighted by Gasteiger charge is 2.18. The van der Waals surface area contributed by atoms with Gasteiger partial charge in [0.1, 0.15) is 10.7 Å². The number of benzene rings is 2. The quantitative estimate of drug-likeness (QED) is 0.285. The van der Waals surface area contributed by atoms with Crippen LogP contribution in [-0.4, -0.2) is 34.9 Å². The average Bonchev–Trinajstić information content (AvgIpc) is 2.95. The third-order valence-electron chi connectivity index (χ3n) is 5.79. The van der Waals surface area contributed by atoms with Gasteiger partial charge in [-0.25, -0.2) is 23.1 Å². The fourth-order valence-electron chi connectivity index (χ4n) is 3.98. The lowest BCUT2D eigenvalue weighted by molar-refractivity contribution is 0.580. The van der Waals surface area contributed by atoms with E-state index in [4.69, 9.17) is 9.97 Å². The zero-order valence-corrected chi connectivity index (χ0v) is 21.1. The second kappa shape index (κ2) is 10.8. The molecule has 9 heteroatoms. The largest absolute Gasteiger partial charge is 0.364 e. The number of sulfonamides is 1. The molecule has 0 saturated heterocycles. The molecule has 0 fully saturated rings. The minimum atomic E-state index is -3.69. The maximum Gasteiger partial charge on any atom is 0.242 e. The number of hydrogen-bond acceptors (Lipinski definition) is 7. The van der Waals surface area contributed by atoms with Crippen molar-refractivity contribution in [3.63, 3.8) is 0 Å². The molecule has 0 spiro atoms. The second-order valence-electron chi connectivity index (χ2n) is 8.44. The summed E-state index contributed by atoms with van der Waals surface area (Å²) in [7, 11) is -3.69. The molecule has 3 heterocycles. The fourth-order valence-corrected chi connectivity index (χ4v) is 5.10. The molecule has 0 aliphatic carbocycles. The molecule has 186 valence electrons. The van der Waals surface area contributed by atoms with Crippen molar-refractivity contribution in [3.8, 4) is 22.5 Å². The van der Waals surface area contributed by atoms with Crippen molar-refractivity contribution in [1.82, 2.24) is 24.7 Å². The number of pyridine rings is 2. The first kappa shape index (κ1) is 24.5. The van der Waals surface area contributed by atoms with Crippen molar-refractivity contribution < 1.29 is 8.42 Å². The van der Waals surface area contributed by atoms with Gasteiger partial charge in [0.15, 0.2) is 5.82 Å². The van der Waals surface area contributed by atoms with Crippen LogP contribution in [0.2, 0.25) is 0 Å². The molecule has 3 aromatic heterocycles. The molecule has 0 aliphatic heterocycles. The van der Waals surface area contributed by atoms with Crippen molar-refractivity contribution in [2.24, 2.45) is 0 Å². The molecular formula is C28H26N6O2S. The van der Waals surface area contributed by atoms with E-state index in [1.165, 1.54) is 6.20 Å². The van der Waals surface area contributed by atoms with Crippen molar-refractivity contribution in [2.45, 2.75) is 24.8 Å². The molecule has 5 aromatic rings. The standard InChI is InChI=1S/C28H26N6O2S/c1-2-14-32-37(35,36)23-16-21(17-29-19-23)27-33-25-13-8-12-24(20-9-4-3-5-10-20)26(25)28(34-27)31-18-22-11-6-7-15-30-22/h3-13,15-17,19,32H,2,14,18H2,1H3,(H,31,33,34). The third kappa shape index (κ3) is 5.47. The van der Waals surface area contributed by atoms with Crippen LogP contribution in [0.1, 0.15) is 19.0 Å². The van der Waals surface area contributed by atoms with Crippen LogP contribution >= 0.6 is 0 Å². The van der Waals surface area contributed by atoms with E-state index in [0.717, 1.165) is 27.7 Å². The van der Waals surface area contributed by atoms with Crippen molar-refractivity contribution in [1.29, 1.82) is 0 Å². The van der Waals surface area contributed by atoms with Gasteiger partial charge in [0.2, 0.25) is 10.0 Å². The lowest BCUT2D eigenvalue weighted by Gasteiger charge is -2.14. The van der Waals surface area contributed by atoms with E-state index in [-0.39, 0.29) is 4.90 Å². The number of fused-ring (bicyclic) bond motifs is 1. The van der Waals surface area contributed by atoms with Gasteiger partial charge in [-0.3, -0.25) is 9.97 Å². The van der Waals surface area contributed by atoms with Gasteiger partial charge in [0, 0.05) is 30.7 Å². The summed E-state index contributed by atoms with van der Waals surface area (Å²) in [4.78, 5) is 18.3. The Morgan fingerprint density at radius 3 is 2.49 bits per heavy atom. The van der Waals surface area contributed by atoms with Crippen molar-refractivity contribution in [2.75, 3.05) is 11.9 Å². The van der Waals surface area contributed by atoms with E-state index in [0.29, 0.717) is 36.7 Å². The number of nitrogens with zero attached hydrogens (tertiary/aromatic N) is 4. The Morgan fingerprint density at radius 1 is 0.865 bits per heavy atom. The molecule has 0 unspecified atom stereocenters. The minimum absolute atomic E-state index is 0.0724. The molecule has 0 amide bonds. The Balaban J connectivity index is 1.64. The Labute approximate surface area is 215 Å². The van der Waals surface area contributed by atoms with Crippen molar-refractivity contribution in [3.05, 3.63) is 97.1 Å². The van der Waals surface area contributed by atoms with Crippen LogP contribution in [0, 0.1) is 0 Å². The van der Waals surface area contributed by atoms with E-state index >= 15 is 0 Å². The molecule has 0 saturated carbocycles. The predicted octanol–water partition coefficient (Wildman–Crippen LogP) is 5.05. The summed E-state index contributed by atoms with van der Waals surface area (Å²) in [5, 5.41) is 4.30. The molecular weight excluding hydrogens is 484 g/mol. The SMILES string of the molecule is CCCNS(=O)(=O)c1cncc(-c2nc(NCc3ccccn3)c3c(-c4ccccc4)cccc3n2)c1. The van der Waals surface area contributed by atoms with Crippen LogP contribution in [0.5, 0.6) is 0 Å². The Morgan fingerprint density at radius 2 is 1.70 bits per heavy atom. The van der Waals surface area contributed by atoms with Crippen LogP contribution in [0.3, 0.4) is 0 Å². The zero-order valence-electron chi connectivity index (χ0n) is 20.3. The number of anilines is 1. The molecule has 37 heavy (non-hydrogen) atoms. The molecule has 2 N–H and O–H groups in total. The predicted molar refractivity (Wildman–Crippen MR) is 145 cm³/mol. The highest BCUT2D eigenvalue weighted by atomic mass is 32.2. The summed E-state index contributed by atoms with van der Waals surface area (Å²) in [5.74, 6) is 1.00. The zero-order chi connectivity index (χ0) is 25.7. The van der Waals surface area contributed by atoms with Gasteiger partial charge in [0.25, 0.3) is 0 Å². The highest BCUT2D eigenvalue weighted by molar-refractivity contribution is 7.89. The highest BCUT2D eigenvalue weighted by Crippen LogP contribution is 2.34. The molecule has 0 aliphatic rings. The summed E-state index contributed by atoms with van der Waals surface area (Å²) >= 11 is 0. The summed E-state index contributed by atoms with van der Waals surface area (Å²) in [6, 6.07) is 23.3. The maximum absolute atomic E-state index is 12.7. The van der Waals surface area contributed by atoms with E-state index < -0.39 is 10.0 Å². The lowest BCUT2D eigenvalue weighted by Crippen LogP contribution is -2.24. The van der Waals surface area contributed by atoms with Crippen LogP contribution in [0.15, 0.2) is 96.3 Å². The molecule has 5 rings (SSSR count). The molecule has 8 nitrogen and oxygen atoms in total. The maximum atomic E-state index is 12.7. The second-order valence-corrected chi connectivity index (χ2v) is 10.2. The summed E-state index contributed by atoms with van der Waals surface area (Å²) in [5.41, 5.74) is 4.14. The first-order valence-corrected chi connectivity index (χ1v) is 13.5. The van der Waals surface area contributed by atoms with E-state index in [1.807, 2.05) is 73.7 Å². The Bertz CT molecular complexity index is 1630. The van der Waals surface area contributed by atoms with Crippen LogP contribution in [0.25, 0.3) is 33.4 Å². The summed E-state index contributed by atoms with van der Waals surface area (Å²) in [6.07, 6.45) is 5.34. The van der Waals surface area contributed by atoms with Crippen LogP contribution in [0.4, 0.5) is 5.82 Å². The topological polar surface area (TPSA) is 110 Å². The van der Waals surface area contributed by atoms with E-state index in [9.17, 15) is 8.42 Å². The first-order valence-electron chi connectivity index (χ1n) is 12.0. The minimum Gasteiger partial charge on any atom is -0.364 e. The average molecular weight is 511 g/mol. The number of aromatic nitrogens is 4. The van der Waals surface area contributed by atoms with Crippen LogP contribution in [-0.2, 0) is 16.6 Å². The number of nitrogens with one attached hydrogen (secondary N) is 2. The molecule has 2 aromatic carbocycles. The smallest absolute Gasteiger partial charge is 0.242 e. The fraction of sp³-hybridized carbons (Fsp3) is 0.143. The normalized spacial score (nSPS) is 11.5.